The fourth-order valence-corrected chi connectivity index (χ4v) is 2.97. The van der Waals surface area contributed by atoms with Crippen LogP contribution in [0.15, 0.2) is 54.9 Å². The highest BCUT2D eigenvalue weighted by Gasteiger charge is 2.17. The first-order valence-electron chi connectivity index (χ1n) is 9.57. The van der Waals surface area contributed by atoms with Crippen LogP contribution in [0, 0.1) is 0 Å². The quantitative estimate of drug-likeness (QED) is 0.557. The predicted molar refractivity (Wildman–Crippen MR) is 113 cm³/mol. The van der Waals surface area contributed by atoms with Crippen molar-refractivity contribution in [1.29, 1.82) is 0 Å². The van der Waals surface area contributed by atoms with Crippen molar-refractivity contribution in [3.8, 4) is 0 Å². The van der Waals surface area contributed by atoms with E-state index in [1.54, 1.807) is 30.8 Å². The zero-order chi connectivity index (χ0) is 21.7. The number of pyridine rings is 1. The zero-order valence-corrected chi connectivity index (χ0v) is 17.2. The van der Waals surface area contributed by atoms with E-state index in [-0.39, 0.29) is 17.5 Å². The third-order valence-electron chi connectivity index (χ3n) is 4.27. The van der Waals surface area contributed by atoms with E-state index in [4.69, 9.17) is 0 Å². The van der Waals surface area contributed by atoms with Gasteiger partial charge in [0.15, 0.2) is 0 Å². The van der Waals surface area contributed by atoms with Crippen LogP contribution in [0.25, 0.3) is 0 Å². The second kappa shape index (κ2) is 8.87. The summed E-state index contributed by atoms with van der Waals surface area (Å²) < 4.78 is 1.55. The molecule has 0 unspecified atom stereocenters. The first kappa shape index (κ1) is 21.2. The molecule has 0 fully saturated rings. The number of benzene rings is 1. The molecule has 0 aliphatic carbocycles. The van der Waals surface area contributed by atoms with E-state index in [2.05, 4.69) is 20.7 Å². The van der Waals surface area contributed by atoms with Gasteiger partial charge in [-0.25, -0.2) is 4.98 Å². The molecular formula is C22H25N5O3. The number of aliphatic hydroxyl groups is 1. The summed E-state index contributed by atoms with van der Waals surface area (Å²) in [5, 5.41) is 19.4. The van der Waals surface area contributed by atoms with Crippen molar-refractivity contribution in [2.24, 2.45) is 0 Å². The molecule has 2 amide bonds. The fraction of sp³-hybridized carbons (Fsp3) is 0.273. The molecule has 3 N–H and O–H groups in total. The summed E-state index contributed by atoms with van der Waals surface area (Å²) >= 11 is 0. The van der Waals surface area contributed by atoms with E-state index < -0.39 is 5.60 Å². The maximum atomic E-state index is 12.8. The Kier molecular flexibility index (Phi) is 6.27. The van der Waals surface area contributed by atoms with Gasteiger partial charge in [-0.15, -0.1) is 0 Å². The van der Waals surface area contributed by atoms with Crippen molar-refractivity contribution in [1.82, 2.24) is 20.1 Å². The zero-order valence-electron chi connectivity index (χ0n) is 17.2. The standard InChI is InChI=1S/C22H25N5O3/c1-22(2,30)14-27-13-18(12-24-27)26-20(28)16-10-17(9-15-7-5-4-6-8-15)25-19(11-16)21(29)23-3/h4-8,10-13,30H,9,14H2,1-3H3,(H,23,29)(H,26,28). The van der Waals surface area contributed by atoms with Crippen LogP contribution in [-0.2, 0) is 13.0 Å². The largest absolute Gasteiger partial charge is 0.389 e. The number of aromatic nitrogens is 3. The minimum atomic E-state index is -0.923. The van der Waals surface area contributed by atoms with Crippen molar-refractivity contribution in [2.45, 2.75) is 32.4 Å². The van der Waals surface area contributed by atoms with Crippen LogP contribution in [0.5, 0.6) is 0 Å². The molecule has 2 aromatic heterocycles. The summed E-state index contributed by atoms with van der Waals surface area (Å²) in [6, 6.07) is 12.8. The normalized spacial score (nSPS) is 11.2. The highest BCUT2D eigenvalue weighted by molar-refractivity contribution is 6.05. The van der Waals surface area contributed by atoms with Gasteiger partial charge in [-0.3, -0.25) is 14.3 Å². The topological polar surface area (TPSA) is 109 Å². The first-order valence-corrected chi connectivity index (χ1v) is 9.57. The van der Waals surface area contributed by atoms with Crippen molar-refractivity contribution in [2.75, 3.05) is 12.4 Å². The lowest BCUT2D eigenvalue weighted by Crippen LogP contribution is -2.26. The Bertz CT molecular complexity index is 1040. The van der Waals surface area contributed by atoms with E-state index in [1.165, 1.54) is 19.3 Å². The number of rotatable bonds is 7. The summed E-state index contributed by atoms with van der Waals surface area (Å²) in [7, 11) is 1.52. The Hall–Kier alpha value is -3.52. The highest BCUT2D eigenvalue weighted by Crippen LogP contribution is 2.15. The molecule has 30 heavy (non-hydrogen) atoms. The molecule has 0 saturated carbocycles. The Morgan fingerprint density at radius 1 is 1.13 bits per heavy atom. The Labute approximate surface area is 175 Å². The van der Waals surface area contributed by atoms with E-state index in [0.29, 0.717) is 29.9 Å². The van der Waals surface area contributed by atoms with Crippen LogP contribution in [0.3, 0.4) is 0 Å². The number of hydrogen-bond donors (Lipinski definition) is 3. The molecule has 0 saturated heterocycles. The Morgan fingerprint density at radius 3 is 2.53 bits per heavy atom. The number of carbonyl (C=O) groups excluding carboxylic acids is 2. The number of amides is 2. The summed E-state index contributed by atoms with van der Waals surface area (Å²) in [5.74, 6) is -0.739. The summed E-state index contributed by atoms with van der Waals surface area (Å²) in [6.45, 7) is 3.65. The lowest BCUT2D eigenvalue weighted by atomic mass is 10.1. The number of carbonyl (C=O) groups is 2. The monoisotopic (exact) mass is 407 g/mol. The second-order valence-corrected chi connectivity index (χ2v) is 7.67. The third kappa shape index (κ3) is 5.74. The highest BCUT2D eigenvalue weighted by atomic mass is 16.3. The molecule has 8 heteroatoms. The van der Waals surface area contributed by atoms with Crippen molar-refractivity contribution >= 4 is 17.5 Å². The third-order valence-corrected chi connectivity index (χ3v) is 4.27. The maximum Gasteiger partial charge on any atom is 0.269 e. The van der Waals surface area contributed by atoms with Gasteiger partial charge in [0.05, 0.1) is 24.0 Å². The predicted octanol–water partition coefficient (Wildman–Crippen LogP) is 2.25. The summed E-state index contributed by atoms with van der Waals surface area (Å²) in [4.78, 5) is 29.4. The second-order valence-electron chi connectivity index (χ2n) is 7.67. The van der Waals surface area contributed by atoms with E-state index in [0.717, 1.165) is 5.56 Å². The number of anilines is 1. The van der Waals surface area contributed by atoms with Crippen molar-refractivity contribution < 1.29 is 14.7 Å². The average molecular weight is 407 g/mol. The molecule has 3 aromatic rings. The van der Waals surface area contributed by atoms with Crippen molar-refractivity contribution in [3.05, 3.63) is 77.4 Å². The lowest BCUT2D eigenvalue weighted by molar-refractivity contribution is 0.0577. The molecule has 0 atom stereocenters. The maximum absolute atomic E-state index is 12.8. The van der Waals surface area contributed by atoms with Crippen LogP contribution in [0.4, 0.5) is 5.69 Å². The first-order chi connectivity index (χ1) is 14.2. The molecule has 2 heterocycles. The van der Waals surface area contributed by atoms with Gasteiger partial charge in [-0.1, -0.05) is 30.3 Å². The molecule has 156 valence electrons. The Morgan fingerprint density at radius 2 is 1.87 bits per heavy atom. The molecule has 8 nitrogen and oxygen atoms in total. The van der Waals surface area contributed by atoms with Gasteiger partial charge in [0.2, 0.25) is 0 Å². The average Bonchev–Trinajstić information content (AvgIpc) is 3.12. The minimum absolute atomic E-state index is 0.175. The SMILES string of the molecule is CNC(=O)c1cc(C(=O)Nc2cnn(CC(C)(C)O)c2)cc(Cc2ccccc2)n1. The van der Waals surface area contributed by atoms with E-state index in [1.807, 2.05) is 30.3 Å². The number of nitrogens with one attached hydrogen (secondary N) is 2. The molecule has 0 aliphatic heterocycles. The van der Waals surface area contributed by atoms with Crippen LogP contribution >= 0.6 is 0 Å². The summed E-state index contributed by atoms with van der Waals surface area (Å²) in [5.41, 5.74) is 1.71. The fourth-order valence-electron chi connectivity index (χ4n) is 2.97. The molecule has 0 aliphatic rings. The number of hydrogen-bond acceptors (Lipinski definition) is 5. The van der Waals surface area contributed by atoms with Crippen LogP contribution in [-0.4, -0.2) is 44.3 Å². The van der Waals surface area contributed by atoms with Crippen LogP contribution < -0.4 is 10.6 Å². The van der Waals surface area contributed by atoms with Gasteiger partial charge in [0, 0.05) is 30.9 Å². The lowest BCUT2D eigenvalue weighted by Gasteiger charge is -2.16. The van der Waals surface area contributed by atoms with Crippen LogP contribution in [0.1, 0.15) is 46.0 Å². The van der Waals surface area contributed by atoms with Gasteiger partial charge in [0.1, 0.15) is 5.69 Å². The molecule has 0 spiro atoms. The molecular weight excluding hydrogens is 382 g/mol. The Balaban J connectivity index is 1.83. The van der Waals surface area contributed by atoms with Gasteiger partial charge >= 0.3 is 0 Å². The van der Waals surface area contributed by atoms with Crippen LogP contribution in [0.2, 0.25) is 0 Å². The van der Waals surface area contributed by atoms with Crippen molar-refractivity contribution in [3.63, 3.8) is 0 Å². The molecule has 3 rings (SSSR count). The smallest absolute Gasteiger partial charge is 0.269 e. The van der Waals surface area contributed by atoms with Gasteiger partial charge in [0.25, 0.3) is 11.8 Å². The van der Waals surface area contributed by atoms with Gasteiger partial charge < -0.3 is 15.7 Å². The summed E-state index contributed by atoms with van der Waals surface area (Å²) in [6.07, 6.45) is 3.65. The van der Waals surface area contributed by atoms with E-state index in [9.17, 15) is 14.7 Å². The minimum Gasteiger partial charge on any atom is -0.389 e. The van der Waals surface area contributed by atoms with Gasteiger partial charge in [-0.2, -0.15) is 5.10 Å². The van der Waals surface area contributed by atoms with Gasteiger partial charge in [-0.05, 0) is 31.5 Å². The number of nitrogens with zero attached hydrogens (tertiary/aromatic N) is 3. The molecule has 1 aromatic carbocycles. The molecule has 0 radical (unpaired) electrons. The molecule has 0 bridgehead atoms. The van der Waals surface area contributed by atoms with E-state index >= 15 is 0 Å².